The normalized spacial score (nSPS) is 18.5. The average molecular weight is 488 g/mol. The molecule has 1 saturated carbocycles. The Morgan fingerprint density at radius 1 is 1.23 bits per heavy atom. The van der Waals surface area contributed by atoms with Gasteiger partial charge in [0.1, 0.15) is 17.7 Å². The van der Waals surface area contributed by atoms with Crippen molar-refractivity contribution in [3.05, 3.63) is 24.4 Å². The maximum Gasteiger partial charge on any atom is 0.258 e. The predicted molar refractivity (Wildman–Crippen MR) is 126 cm³/mol. The van der Waals surface area contributed by atoms with E-state index in [1.54, 1.807) is 25.4 Å². The van der Waals surface area contributed by atoms with Gasteiger partial charge >= 0.3 is 0 Å². The van der Waals surface area contributed by atoms with Crippen LogP contribution < -0.4 is 10.1 Å². The number of aliphatic hydroxyl groups is 1. The summed E-state index contributed by atoms with van der Waals surface area (Å²) in [6.45, 7) is -0.119. The van der Waals surface area contributed by atoms with E-state index in [0.29, 0.717) is 40.5 Å². The molecule has 10 nitrogen and oxygen atoms in total. The number of hydrogen-bond acceptors (Lipinski definition) is 8. The van der Waals surface area contributed by atoms with Crippen LogP contribution in [-0.4, -0.2) is 73.9 Å². The summed E-state index contributed by atoms with van der Waals surface area (Å²) in [6, 6.07) is 5.60. The van der Waals surface area contributed by atoms with Crippen molar-refractivity contribution >= 4 is 28.0 Å². The summed E-state index contributed by atoms with van der Waals surface area (Å²) in [4.78, 5) is 12.4. The van der Waals surface area contributed by atoms with Crippen molar-refractivity contribution in [1.82, 2.24) is 29.9 Å². The van der Waals surface area contributed by atoms with Gasteiger partial charge in [-0.05, 0) is 43.4 Å². The summed E-state index contributed by atoms with van der Waals surface area (Å²) >= 11 is 0. The smallest absolute Gasteiger partial charge is 0.258 e. The Labute approximate surface area is 199 Å². The maximum absolute atomic E-state index is 12.9. The van der Waals surface area contributed by atoms with Crippen molar-refractivity contribution in [3.8, 4) is 17.0 Å². The van der Waals surface area contributed by atoms with Gasteiger partial charge in [-0.25, -0.2) is 13.5 Å². The summed E-state index contributed by atoms with van der Waals surface area (Å²) in [6.07, 6.45) is 3.09. The zero-order valence-corrected chi connectivity index (χ0v) is 19.2. The van der Waals surface area contributed by atoms with Crippen molar-refractivity contribution < 1.29 is 23.4 Å². The molecule has 1 aliphatic rings. The molecule has 3 aromatic heterocycles. The Kier molecular flexibility index (Phi) is 6.73. The molecule has 0 bridgehead atoms. The van der Waals surface area contributed by atoms with E-state index in [9.17, 15) is 8.78 Å². The van der Waals surface area contributed by atoms with E-state index in [4.69, 9.17) is 14.6 Å². The molecule has 0 atom stereocenters. The molecule has 0 amide bonds. The van der Waals surface area contributed by atoms with Crippen molar-refractivity contribution in [1.29, 1.82) is 0 Å². The van der Waals surface area contributed by atoms with E-state index >= 15 is 0 Å². The molecule has 1 aromatic carbocycles. The molecule has 0 unspecified atom stereocenters. The van der Waals surface area contributed by atoms with Gasteiger partial charge in [0.15, 0.2) is 0 Å². The van der Waals surface area contributed by atoms with Gasteiger partial charge in [0, 0.05) is 17.8 Å². The Balaban J connectivity index is 1.40. The van der Waals surface area contributed by atoms with Gasteiger partial charge < -0.3 is 24.9 Å². The largest absolute Gasteiger partial charge is 0.480 e. The minimum absolute atomic E-state index is 0.0358. The van der Waals surface area contributed by atoms with Crippen LogP contribution in [0, 0.1) is 0 Å². The summed E-state index contributed by atoms with van der Waals surface area (Å²) in [5.74, 6) is 0.880. The van der Waals surface area contributed by atoms with Gasteiger partial charge in [-0.2, -0.15) is 9.97 Å². The molecule has 186 valence electrons. The van der Waals surface area contributed by atoms with E-state index < -0.39 is 13.0 Å². The number of fused-ring (bicyclic) bond motifs is 2. The number of ether oxygens (including phenoxy) is 2. The highest BCUT2D eigenvalue weighted by molar-refractivity contribution is 5.99. The van der Waals surface area contributed by atoms with Gasteiger partial charge in [0.05, 0.1) is 37.3 Å². The van der Waals surface area contributed by atoms with Crippen LogP contribution in [0.25, 0.3) is 33.2 Å². The van der Waals surface area contributed by atoms with Crippen LogP contribution in [0.1, 0.15) is 25.7 Å². The zero-order chi connectivity index (χ0) is 24.4. The number of benzene rings is 1. The molecule has 0 radical (unpaired) electrons. The van der Waals surface area contributed by atoms with Gasteiger partial charge in [-0.15, -0.1) is 5.10 Å². The highest BCUT2D eigenvalue weighted by atomic mass is 19.3. The van der Waals surface area contributed by atoms with Gasteiger partial charge in [0.25, 0.3) is 6.43 Å². The number of aromatic amines is 1. The molecule has 35 heavy (non-hydrogen) atoms. The second-order valence-corrected chi connectivity index (χ2v) is 8.56. The number of aliphatic hydroxyl groups excluding tert-OH is 1. The van der Waals surface area contributed by atoms with E-state index in [2.05, 4.69) is 30.6 Å². The fourth-order valence-electron chi connectivity index (χ4n) is 4.61. The third kappa shape index (κ3) is 4.89. The summed E-state index contributed by atoms with van der Waals surface area (Å²) in [5.41, 5.74) is 3.24. The van der Waals surface area contributed by atoms with Crippen LogP contribution in [0.5, 0.6) is 5.88 Å². The number of rotatable bonds is 9. The molecular weight excluding hydrogens is 460 g/mol. The zero-order valence-electron chi connectivity index (χ0n) is 19.2. The van der Waals surface area contributed by atoms with Crippen LogP contribution in [0.4, 0.5) is 14.7 Å². The Hall–Kier alpha value is -3.38. The number of alkyl halides is 2. The van der Waals surface area contributed by atoms with Crippen LogP contribution in [0.15, 0.2) is 24.4 Å². The molecule has 12 heteroatoms. The second-order valence-electron chi connectivity index (χ2n) is 8.56. The van der Waals surface area contributed by atoms with Crippen molar-refractivity contribution in [2.45, 2.75) is 50.8 Å². The number of halogens is 2. The van der Waals surface area contributed by atoms with Gasteiger partial charge in [-0.1, -0.05) is 11.3 Å². The van der Waals surface area contributed by atoms with Crippen molar-refractivity contribution in [2.75, 3.05) is 25.6 Å². The third-order valence-corrected chi connectivity index (χ3v) is 6.28. The molecule has 0 spiro atoms. The average Bonchev–Trinajstić information content (AvgIpc) is 3.46. The maximum atomic E-state index is 12.9. The molecule has 3 N–H and O–H groups in total. The minimum Gasteiger partial charge on any atom is -0.480 e. The number of H-pyrrole nitrogens is 1. The fourth-order valence-corrected chi connectivity index (χ4v) is 4.61. The highest BCUT2D eigenvalue weighted by Crippen LogP contribution is 2.35. The lowest BCUT2D eigenvalue weighted by atomic mass is 9.93. The molecule has 5 rings (SSSR count). The standard InChI is InChI=1S/C23H27F2N7O3/c1-34-22-20-16(13-2-7-17-18(10-13)32(31-30-17)12-19(24)25)11-26-21(20)28-23(29-22)27-14-3-5-15(6-4-14)35-9-8-33/h2,7,10-11,14-15,19,33H,3-6,8-9,12H2,1H3,(H2,26,27,28,29). The Morgan fingerprint density at radius 3 is 2.80 bits per heavy atom. The molecule has 1 fully saturated rings. The molecule has 0 aliphatic heterocycles. The van der Waals surface area contributed by atoms with Gasteiger partial charge in [0.2, 0.25) is 11.8 Å². The van der Waals surface area contributed by atoms with Crippen LogP contribution in [-0.2, 0) is 11.3 Å². The number of aromatic nitrogens is 6. The van der Waals surface area contributed by atoms with Crippen LogP contribution in [0.2, 0.25) is 0 Å². The number of nitrogens with one attached hydrogen (secondary N) is 2. The molecule has 4 aromatic rings. The van der Waals surface area contributed by atoms with Gasteiger partial charge in [-0.3, -0.25) is 0 Å². The molecule has 3 heterocycles. The van der Waals surface area contributed by atoms with Crippen LogP contribution >= 0.6 is 0 Å². The lowest BCUT2D eigenvalue weighted by Crippen LogP contribution is -2.30. The second kappa shape index (κ2) is 10.1. The minimum atomic E-state index is -2.53. The number of methoxy groups -OCH3 is 1. The third-order valence-electron chi connectivity index (χ3n) is 6.28. The summed E-state index contributed by atoms with van der Waals surface area (Å²) in [5, 5.41) is 20.8. The molecule has 1 aliphatic carbocycles. The predicted octanol–water partition coefficient (Wildman–Crippen LogP) is 3.38. The first-order valence-corrected chi connectivity index (χ1v) is 11.6. The monoisotopic (exact) mass is 487 g/mol. The topological polar surface area (TPSA) is 123 Å². The van der Waals surface area contributed by atoms with E-state index in [-0.39, 0.29) is 18.8 Å². The number of hydrogen-bond donors (Lipinski definition) is 3. The lowest BCUT2D eigenvalue weighted by molar-refractivity contribution is 0.00719. The summed E-state index contributed by atoms with van der Waals surface area (Å²) < 4.78 is 38.3. The Bertz CT molecular complexity index is 1300. The van der Waals surface area contributed by atoms with Crippen molar-refractivity contribution in [2.24, 2.45) is 0 Å². The first-order chi connectivity index (χ1) is 17.1. The fraction of sp³-hybridized carbons (Fsp3) is 0.478. The quantitative estimate of drug-likeness (QED) is 0.328. The first kappa shape index (κ1) is 23.4. The van der Waals surface area contributed by atoms with Crippen molar-refractivity contribution in [3.63, 3.8) is 0 Å². The Morgan fingerprint density at radius 2 is 2.06 bits per heavy atom. The lowest BCUT2D eigenvalue weighted by Gasteiger charge is -2.29. The molecule has 0 saturated heterocycles. The SMILES string of the molecule is COc1nc(NC2CCC(OCCO)CC2)nc2[nH]cc(-c3ccc4nnn(CC(F)F)c4c3)c12. The number of anilines is 1. The first-order valence-electron chi connectivity index (χ1n) is 11.6. The van der Waals surface area contributed by atoms with E-state index in [1.807, 2.05) is 6.07 Å². The van der Waals surface area contributed by atoms with E-state index in [0.717, 1.165) is 36.8 Å². The highest BCUT2D eigenvalue weighted by Gasteiger charge is 2.23. The van der Waals surface area contributed by atoms with Crippen LogP contribution in [0.3, 0.4) is 0 Å². The van der Waals surface area contributed by atoms with E-state index in [1.165, 1.54) is 4.68 Å². The molecular formula is C23H27F2N7O3. The summed E-state index contributed by atoms with van der Waals surface area (Å²) in [7, 11) is 1.55. The number of nitrogens with zero attached hydrogens (tertiary/aromatic N) is 5.